The van der Waals surface area contributed by atoms with Crippen molar-refractivity contribution < 1.29 is 13.2 Å². The highest BCUT2D eigenvalue weighted by molar-refractivity contribution is 7.90. The highest BCUT2D eigenvalue weighted by atomic mass is 32.2. The molecule has 0 aliphatic carbocycles. The third-order valence-corrected chi connectivity index (χ3v) is 3.46. The number of pyridine rings is 1. The predicted molar refractivity (Wildman–Crippen MR) is 75.1 cm³/mol. The van der Waals surface area contributed by atoms with Gasteiger partial charge in [0.05, 0.1) is 5.75 Å². The molecule has 1 atom stereocenters. The lowest BCUT2D eigenvalue weighted by molar-refractivity contribution is 0.0822. The normalized spacial score (nSPS) is 12.8. The molecule has 1 unspecified atom stereocenters. The van der Waals surface area contributed by atoms with Gasteiger partial charge in [-0.15, -0.1) is 0 Å². The highest BCUT2D eigenvalue weighted by Crippen LogP contribution is 2.11. The van der Waals surface area contributed by atoms with Crippen molar-refractivity contribution in [1.29, 1.82) is 0 Å². The summed E-state index contributed by atoms with van der Waals surface area (Å²) in [6, 6.07) is 3.08. The molecule has 1 heterocycles. The molecule has 0 radical (unpaired) electrons. The Hall–Kier alpha value is -1.63. The standard InChI is InChI=1S/C12H19N3O3S/c1-9(8-19(4,17)18)14-10-5-6-13-11(7-10)12(16)15(2)3/h5-7,9H,8H2,1-4H3,(H,13,14). The van der Waals surface area contributed by atoms with Crippen molar-refractivity contribution in [3.8, 4) is 0 Å². The summed E-state index contributed by atoms with van der Waals surface area (Å²) in [6.45, 7) is 1.77. The molecule has 0 fully saturated rings. The van der Waals surface area contributed by atoms with Crippen LogP contribution in [0.25, 0.3) is 0 Å². The van der Waals surface area contributed by atoms with Gasteiger partial charge in [0, 0.05) is 38.3 Å². The molecular formula is C12H19N3O3S. The van der Waals surface area contributed by atoms with Gasteiger partial charge in [0.15, 0.2) is 0 Å². The first-order valence-electron chi connectivity index (χ1n) is 5.81. The molecule has 1 N–H and O–H groups in total. The number of nitrogens with zero attached hydrogens (tertiary/aromatic N) is 2. The Morgan fingerprint density at radius 1 is 1.47 bits per heavy atom. The SMILES string of the molecule is CC(CS(C)(=O)=O)Nc1ccnc(C(=O)N(C)C)c1. The first-order valence-corrected chi connectivity index (χ1v) is 7.87. The second-order valence-electron chi connectivity index (χ2n) is 4.77. The number of aromatic nitrogens is 1. The summed E-state index contributed by atoms with van der Waals surface area (Å²) in [4.78, 5) is 17.2. The van der Waals surface area contributed by atoms with Crippen LogP contribution in [0.3, 0.4) is 0 Å². The maximum Gasteiger partial charge on any atom is 0.272 e. The Morgan fingerprint density at radius 2 is 2.11 bits per heavy atom. The predicted octanol–water partition coefficient (Wildman–Crippen LogP) is 0.628. The van der Waals surface area contributed by atoms with Crippen molar-refractivity contribution in [3.05, 3.63) is 24.0 Å². The molecule has 1 rings (SSSR count). The summed E-state index contributed by atoms with van der Waals surface area (Å²) >= 11 is 0. The molecule has 106 valence electrons. The molecule has 0 bridgehead atoms. The van der Waals surface area contributed by atoms with Crippen LogP contribution in [0.5, 0.6) is 0 Å². The number of hydrogen-bond donors (Lipinski definition) is 1. The summed E-state index contributed by atoms with van der Waals surface area (Å²) in [7, 11) is 0.262. The van der Waals surface area contributed by atoms with Crippen LogP contribution >= 0.6 is 0 Å². The molecule has 0 saturated heterocycles. The van der Waals surface area contributed by atoms with Crippen LogP contribution in [0.1, 0.15) is 17.4 Å². The van der Waals surface area contributed by atoms with Crippen LogP contribution in [0.15, 0.2) is 18.3 Å². The zero-order valence-corrected chi connectivity index (χ0v) is 12.4. The minimum atomic E-state index is -3.04. The summed E-state index contributed by atoms with van der Waals surface area (Å²) in [6.07, 6.45) is 2.71. The molecule has 19 heavy (non-hydrogen) atoms. The van der Waals surface area contributed by atoms with Crippen molar-refractivity contribution in [2.45, 2.75) is 13.0 Å². The third-order valence-electron chi connectivity index (χ3n) is 2.35. The average molecular weight is 285 g/mol. The largest absolute Gasteiger partial charge is 0.381 e. The van der Waals surface area contributed by atoms with E-state index in [2.05, 4.69) is 10.3 Å². The Bertz CT molecular complexity index is 555. The lowest BCUT2D eigenvalue weighted by Gasteiger charge is -2.15. The van der Waals surface area contributed by atoms with E-state index in [-0.39, 0.29) is 17.7 Å². The monoisotopic (exact) mass is 285 g/mol. The molecule has 1 amide bonds. The number of amides is 1. The Kier molecular flexibility index (Phi) is 4.88. The van der Waals surface area contributed by atoms with Gasteiger partial charge in [-0.25, -0.2) is 8.42 Å². The van der Waals surface area contributed by atoms with E-state index in [9.17, 15) is 13.2 Å². The quantitative estimate of drug-likeness (QED) is 0.858. The van der Waals surface area contributed by atoms with Gasteiger partial charge >= 0.3 is 0 Å². The fourth-order valence-corrected chi connectivity index (χ4v) is 2.64. The van der Waals surface area contributed by atoms with Gasteiger partial charge in [0.25, 0.3) is 5.91 Å². The van der Waals surface area contributed by atoms with Crippen molar-refractivity contribution in [2.24, 2.45) is 0 Å². The van der Waals surface area contributed by atoms with E-state index < -0.39 is 9.84 Å². The molecule has 1 aromatic rings. The number of anilines is 1. The topological polar surface area (TPSA) is 79.4 Å². The van der Waals surface area contributed by atoms with E-state index in [1.54, 1.807) is 33.2 Å². The number of rotatable bonds is 5. The van der Waals surface area contributed by atoms with E-state index in [1.807, 2.05) is 0 Å². The van der Waals surface area contributed by atoms with E-state index in [0.717, 1.165) is 0 Å². The van der Waals surface area contributed by atoms with Gasteiger partial charge in [-0.3, -0.25) is 9.78 Å². The lowest BCUT2D eigenvalue weighted by Crippen LogP contribution is -2.26. The fourth-order valence-electron chi connectivity index (χ4n) is 1.65. The fraction of sp³-hybridized carbons (Fsp3) is 0.500. The number of carbonyl (C=O) groups is 1. The first kappa shape index (κ1) is 15.4. The van der Waals surface area contributed by atoms with Crippen LogP contribution in [0, 0.1) is 0 Å². The van der Waals surface area contributed by atoms with Crippen LogP contribution in [0.4, 0.5) is 5.69 Å². The zero-order chi connectivity index (χ0) is 14.6. The molecule has 0 aromatic carbocycles. The summed E-state index contributed by atoms with van der Waals surface area (Å²) < 4.78 is 22.4. The number of carbonyl (C=O) groups excluding carboxylic acids is 1. The van der Waals surface area contributed by atoms with Crippen LogP contribution in [-0.2, 0) is 9.84 Å². The van der Waals surface area contributed by atoms with Crippen molar-refractivity contribution in [3.63, 3.8) is 0 Å². The summed E-state index contributed by atoms with van der Waals surface area (Å²) in [5, 5.41) is 3.04. The van der Waals surface area contributed by atoms with Gasteiger partial charge in [0.2, 0.25) is 0 Å². The van der Waals surface area contributed by atoms with Crippen LogP contribution in [-0.4, -0.2) is 56.4 Å². The molecule has 1 aromatic heterocycles. The molecule has 0 aliphatic heterocycles. The minimum Gasteiger partial charge on any atom is -0.381 e. The van der Waals surface area contributed by atoms with Gasteiger partial charge in [-0.1, -0.05) is 0 Å². The van der Waals surface area contributed by atoms with Gasteiger partial charge < -0.3 is 10.2 Å². The number of sulfone groups is 1. The second-order valence-corrected chi connectivity index (χ2v) is 6.95. The zero-order valence-electron chi connectivity index (χ0n) is 11.5. The third kappa shape index (κ3) is 5.25. The van der Waals surface area contributed by atoms with Crippen molar-refractivity contribution in [2.75, 3.05) is 31.4 Å². The van der Waals surface area contributed by atoms with E-state index >= 15 is 0 Å². The van der Waals surface area contributed by atoms with E-state index in [0.29, 0.717) is 11.4 Å². The lowest BCUT2D eigenvalue weighted by atomic mass is 10.2. The summed E-state index contributed by atoms with van der Waals surface area (Å²) in [5.74, 6) is -0.161. The molecule has 6 nitrogen and oxygen atoms in total. The Balaban J connectivity index is 2.80. The van der Waals surface area contributed by atoms with Crippen molar-refractivity contribution >= 4 is 21.4 Å². The van der Waals surface area contributed by atoms with Gasteiger partial charge in [-0.2, -0.15) is 0 Å². The van der Waals surface area contributed by atoms with Gasteiger partial charge in [-0.05, 0) is 19.1 Å². The highest BCUT2D eigenvalue weighted by Gasteiger charge is 2.13. The van der Waals surface area contributed by atoms with E-state index in [4.69, 9.17) is 0 Å². The average Bonchev–Trinajstić information content (AvgIpc) is 2.25. The maximum atomic E-state index is 11.8. The smallest absolute Gasteiger partial charge is 0.272 e. The molecule has 0 saturated carbocycles. The molecular weight excluding hydrogens is 266 g/mol. The van der Waals surface area contributed by atoms with Crippen molar-refractivity contribution in [1.82, 2.24) is 9.88 Å². The second kappa shape index (κ2) is 6.01. The summed E-state index contributed by atoms with van der Waals surface area (Å²) in [5.41, 5.74) is 0.998. The maximum absolute atomic E-state index is 11.8. The molecule has 7 heteroatoms. The Morgan fingerprint density at radius 3 is 2.63 bits per heavy atom. The van der Waals surface area contributed by atoms with E-state index in [1.165, 1.54) is 17.4 Å². The minimum absolute atomic E-state index is 0.0340. The first-order chi connectivity index (χ1) is 8.69. The molecule has 0 aliphatic rings. The number of nitrogens with one attached hydrogen (secondary N) is 1. The molecule has 0 spiro atoms. The number of hydrogen-bond acceptors (Lipinski definition) is 5. The van der Waals surface area contributed by atoms with Crippen LogP contribution in [0.2, 0.25) is 0 Å². The Labute approximate surface area is 113 Å². The van der Waals surface area contributed by atoms with Gasteiger partial charge in [0.1, 0.15) is 15.5 Å². The van der Waals surface area contributed by atoms with Crippen LogP contribution < -0.4 is 5.32 Å².